The van der Waals surface area contributed by atoms with Gasteiger partial charge in [0.05, 0.1) is 12.3 Å². The molecule has 1 aromatic rings. The van der Waals surface area contributed by atoms with Gasteiger partial charge in [-0.05, 0) is 39.1 Å². The highest BCUT2D eigenvalue weighted by atomic mass is 16.5. The average Bonchev–Trinajstić information content (AvgIpc) is 2.69. The average molecular weight is 220 g/mol. The Hall–Kier alpha value is -0.930. The van der Waals surface area contributed by atoms with E-state index in [9.17, 15) is 0 Å². The van der Waals surface area contributed by atoms with Crippen LogP contribution in [0.5, 0.6) is 0 Å². The third kappa shape index (κ3) is 2.60. The summed E-state index contributed by atoms with van der Waals surface area (Å²) in [6.45, 7) is 4.70. The van der Waals surface area contributed by atoms with Crippen molar-refractivity contribution < 1.29 is 4.74 Å². The van der Waals surface area contributed by atoms with E-state index in [0.29, 0.717) is 5.92 Å². The van der Waals surface area contributed by atoms with Crippen molar-refractivity contribution in [2.24, 2.45) is 0 Å². The minimum absolute atomic E-state index is 0.544. The van der Waals surface area contributed by atoms with Gasteiger partial charge in [0.25, 0.3) is 0 Å². The van der Waals surface area contributed by atoms with Gasteiger partial charge in [0.1, 0.15) is 0 Å². The molecule has 0 unspecified atom stereocenters. The van der Waals surface area contributed by atoms with E-state index in [1.807, 2.05) is 6.92 Å². The van der Waals surface area contributed by atoms with Crippen LogP contribution >= 0.6 is 0 Å². The summed E-state index contributed by atoms with van der Waals surface area (Å²) < 4.78 is 5.46. The van der Waals surface area contributed by atoms with E-state index in [0.717, 1.165) is 31.9 Å². The highest BCUT2D eigenvalue weighted by Gasteiger charge is 2.21. The highest BCUT2D eigenvalue weighted by Crippen LogP contribution is 2.27. The van der Waals surface area contributed by atoms with Crippen LogP contribution < -0.4 is 0 Å². The molecule has 88 valence electrons. The molecule has 0 amide bonds. The molecule has 0 aliphatic carbocycles. The molecule has 0 bridgehead atoms. The topological polar surface area (TPSA) is 25.4 Å². The molecule has 0 aromatic carbocycles. The molecule has 16 heavy (non-hydrogen) atoms. The molecule has 0 radical (unpaired) electrons. The lowest BCUT2D eigenvalue weighted by Crippen LogP contribution is -2.16. The summed E-state index contributed by atoms with van der Waals surface area (Å²) in [6.07, 6.45) is 1.13. The Morgan fingerprint density at radius 1 is 1.44 bits per heavy atom. The van der Waals surface area contributed by atoms with Gasteiger partial charge in [-0.1, -0.05) is 6.07 Å². The summed E-state index contributed by atoms with van der Waals surface area (Å²) in [5, 5.41) is 0. The standard InChI is InChI=1S/C13H20N2O/c1-10-4-5-12(11-6-7-16-9-11)13(14-10)8-15(2)3/h4-5,11H,6-9H2,1-3H3/t11-/m0/s1. The van der Waals surface area contributed by atoms with Crippen LogP contribution in [0.15, 0.2) is 12.1 Å². The first-order valence-electron chi connectivity index (χ1n) is 5.85. The normalized spacial score (nSPS) is 20.6. The molecule has 1 aliphatic heterocycles. The number of hydrogen-bond acceptors (Lipinski definition) is 3. The lowest BCUT2D eigenvalue weighted by Gasteiger charge is -2.17. The summed E-state index contributed by atoms with van der Waals surface area (Å²) in [5.74, 6) is 0.544. The van der Waals surface area contributed by atoms with Crippen LogP contribution in [0.2, 0.25) is 0 Å². The lowest BCUT2D eigenvalue weighted by molar-refractivity contribution is 0.193. The molecule has 2 rings (SSSR count). The minimum atomic E-state index is 0.544. The summed E-state index contributed by atoms with van der Waals surface area (Å²) >= 11 is 0. The van der Waals surface area contributed by atoms with Crippen molar-refractivity contribution in [3.05, 3.63) is 29.1 Å². The molecule has 0 spiro atoms. The first kappa shape index (κ1) is 11.6. The molecule has 3 heteroatoms. The Kier molecular flexibility index (Phi) is 3.56. The van der Waals surface area contributed by atoms with Gasteiger partial charge in [0.15, 0.2) is 0 Å². The predicted molar refractivity (Wildman–Crippen MR) is 64.5 cm³/mol. The molecular formula is C13H20N2O. The highest BCUT2D eigenvalue weighted by molar-refractivity contribution is 5.27. The van der Waals surface area contributed by atoms with E-state index in [-0.39, 0.29) is 0 Å². The van der Waals surface area contributed by atoms with Crippen LogP contribution in [0.1, 0.15) is 29.3 Å². The third-order valence-electron chi connectivity index (χ3n) is 2.98. The van der Waals surface area contributed by atoms with Crippen LogP contribution in [0.25, 0.3) is 0 Å². The largest absolute Gasteiger partial charge is 0.381 e. The first-order valence-corrected chi connectivity index (χ1v) is 5.85. The Morgan fingerprint density at radius 2 is 2.25 bits per heavy atom. The van der Waals surface area contributed by atoms with E-state index in [4.69, 9.17) is 4.74 Å². The van der Waals surface area contributed by atoms with Crippen molar-refractivity contribution in [2.45, 2.75) is 25.8 Å². The van der Waals surface area contributed by atoms with Gasteiger partial charge in [-0.2, -0.15) is 0 Å². The van der Waals surface area contributed by atoms with E-state index < -0.39 is 0 Å². The van der Waals surface area contributed by atoms with Crippen LogP contribution in [-0.2, 0) is 11.3 Å². The van der Waals surface area contributed by atoms with Crippen molar-refractivity contribution in [3.63, 3.8) is 0 Å². The second-order valence-corrected chi connectivity index (χ2v) is 4.79. The summed E-state index contributed by atoms with van der Waals surface area (Å²) in [5.41, 5.74) is 3.68. The number of aryl methyl sites for hydroxylation is 1. The number of rotatable bonds is 3. The maximum absolute atomic E-state index is 5.46. The summed E-state index contributed by atoms with van der Waals surface area (Å²) in [6, 6.07) is 4.33. The van der Waals surface area contributed by atoms with Crippen molar-refractivity contribution >= 4 is 0 Å². The van der Waals surface area contributed by atoms with E-state index >= 15 is 0 Å². The van der Waals surface area contributed by atoms with Crippen molar-refractivity contribution in [3.8, 4) is 0 Å². The number of hydrogen-bond donors (Lipinski definition) is 0. The number of aromatic nitrogens is 1. The van der Waals surface area contributed by atoms with Crippen LogP contribution in [0.4, 0.5) is 0 Å². The molecule has 1 saturated heterocycles. The maximum Gasteiger partial charge on any atom is 0.0582 e. The fourth-order valence-electron chi connectivity index (χ4n) is 2.20. The quantitative estimate of drug-likeness (QED) is 0.778. The van der Waals surface area contributed by atoms with Crippen molar-refractivity contribution in [1.82, 2.24) is 9.88 Å². The molecule has 1 aliphatic rings. The van der Waals surface area contributed by atoms with Crippen LogP contribution in [-0.4, -0.2) is 37.2 Å². The number of nitrogens with zero attached hydrogens (tertiary/aromatic N) is 2. The number of ether oxygens (including phenoxy) is 1. The van der Waals surface area contributed by atoms with Gasteiger partial charge >= 0.3 is 0 Å². The summed E-state index contributed by atoms with van der Waals surface area (Å²) in [4.78, 5) is 6.83. The minimum Gasteiger partial charge on any atom is -0.381 e. The lowest BCUT2D eigenvalue weighted by atomic mass is 9.96. The fraction of sp³-hybridized carbons (Fsp3) is 0.615. The van der Waals surface area contributed by atoms with E-state index in [1.54, 1.807) is 0 Å². The zero-order chi connectivity index (χ0) is 11.5. The zero-order valence-corrected chi connectivity index (χ0v) is 10.4. The van der Waals surface area contributed by atoms with Gasteiger partial charge in [-0.3, -0.25) is 4.98 Å². The van der Waals surface area contributed by atoms with Crippen LogP contribution in [0, 0.1) is 6.92 Å². The second kappa shape index (κ2) is 4.93. The Bertz CT molecular complexity index is 357. The summed E-state index contributed by atoms with van der Waals surface area (Å²) in [7, 11) is 4.16. The van der Waals surface area contributed by atoms with Crippen LogP contribution in [0.3, 0.4) is 0 Å². The predicted octanol–water partition coefficient (Wildman–Crippen LogP) is 1.96. The second-order valence-electron chi connectivity index (χ2n) is 4.79. The van der Waals surface area contributed by atoms with Crippen molar-refractivity contribution in [1.29, 1.82) is 0 Å². The van der Waals surface area contributed by atoms with Crippen molar-refractivity contribution in [2.75, 3.05) is 27.3 Å². The smallest absolute Gasteiger partial charge is 0.0582 e. The number of pyridine rings is 1. The van der Waals surface area contributed by atoms with Gasteiger partial charge < -0.3 is 9.64 Å². The first-order chi connectivity index (χ1) is 7.66. The monoisotopic (exact) mass is 220 g/mol. The SMILES string of the molecule is Cc1ccc([C@H]2CCOC2)c(CN(C)C)n1. The molecule has 2 heterocycles. The van der Waals surface area contributed by atoms with Gasteiger partial charge in [0.2, 0.25) is 0 Å². The molecule has 0 saturated carbocycles. The molecule has 0 N–H and O–H groups in total. The molecule has 1 fully saturated rings. The molecule has 1 atom stereocenters. The van der Waals surface area contributed by atoms with Gasteiger partial charge in [0, 0.05) is 24.8 Å². The molecule has 3 nitrogen and oxygen atoms in total. The van der Waals surface area contributed by atoms with Gasteiger partial charge in [-0.25, -0.2) is 0 Å². The fourth-order valence-corrected chi connectivity index (χ4v) is 2.20. The Balaban J connectivity index is 2.27. The Morgan fingerprint density at radius 3 is 2.88 bits per heavy atom. The molecular weight excluding hydrogens is 200 g/mol. The Labute approximate surface area is 97.4 Å². The molecule has 1 aromatic heterocycles. The van der Waals surface area contributed by atoms with E-state index in [1.165, 1.54) is 11.3 Å². The third-order valence-corrected chi connectivity index (χ3v) is 2.98. The maximum atomic E-state index is 5.46. The van der Waals surface area contributed by atoms with Gasteiger partial charge in [-0.15, -0.1) is 0 Å². The zero-order valence-electron chi connectivity index (χ0n) is 10.4. The van der Waals surface area contributed by atoms with E-state index in [2.05, 4.69) is 36.1 Å².